The molecule has 6 nitrogen and oxygen atoms in total. The van der Waals surface area contributed by atoms with Crippen molar-refractivity contribution in [3.05, 3.63) is 10.4 Å². The average Bonchev–Trinajstić information content (AvgIpc) is 2.92. The standard InChI is InChI=1S/C11H20ClN2.ClHO4/c1-5-13(6-2)10-9(12)11(10)14(7-3)8-4;2-1(3,4)5/h5-8H2,1-4H3;(H,2,3,4,5)/q+1;/p-1. The van der Waals surface area contributed by atoms with Gasteiger partial charge in [-0.1, -0.05) is 11.6 Å². The zero-order valence-electron chi connectivity index (χ0n) is 11.6. The van der Waals surface area contributed by atoms with Crippen LogP contribution in [0.2, 0.25) is 5.02 Å². The van der Waals surface area contributed by atoms with E-state index in [1.54, 1.807) is 0 Å². The molecule has 0 fully saturated rings. The summed E-state index contributed by atoms with van der Waals surface area (Å²) in [7, 11) is -4.94. The maximum Gasteiger partial charge on any atom is 0.246 e. The Balaban J connectivity index is 0.000000555. The molecule has 0 amide bonds. The summed E-state index contributed by atoms with van der Waals surface area (Å²) in [4.78, 5) is 2.32. The second kappa shape index (κ2) is 8.04. The van der Waals surface area contributed by atoms with E-state index in [2.05, 4.69) is 37.2 Å². The van der Waals surface area contributed by atoms with Gasteiger partial charge in [0.05, 0.1) is 0 Å². The van der Waals surface area contributed by atoms with Gasteiger partial charge in [0.25, 0.3) is 0 Å². The van der Waals surface area contributed by atoms with Crippen LogP contribution in [0.3, 0.4) is 0 Å². The van der Waals surface area contributed by atoms with Gasteiger partial charge >= 0.3 is 0 Å². The molecule has 0 spiro atoms. The minimum Gasteiger partial charge on any atom is -0.365 e. The molecule has 0 atom stereocenters. The number of halogens is 2. The Morgan fingerprint density at radius 3 is 1.63 bits per heavy atom. The van der Waals surface area contributed by atoms with E-state index in [4.69, 9.17) is 30.2 Å². The van der Waals surface area contributed by atoms with Crippen molar-refractivity contribution in [2.75, 3.05) is 31.1 Å². The van der Waals surface area contributed by atoms with Crippen molar-refractivity contribution in [2.24, 2.45) is 0 Å². The predicted molar refractivity (Wildman–Crippen MR) is 63.7 cm³/mol. The first kappa shape index (κ1) is 18.6. The fraction of sp³-hybridized carbons (Fsp3) is 0.727. The van der Waals surface area contributed by atoms with Crippen LogP contribution in [0.1, 0.15) is 27.7 Å². The molecule has 0 bridgehead atoms. The van der Waals surface area contributed by atoms with E-state index in [1.807, 2.05) is 0 Å². The lowest BCUT2D eigenvalue weighted by atomic mass is 10.5. The van der Waals surface area contributed by atoms with Crippen LogP contribution >= 0.6 is 11.6 Å². The fourth-order valence-electron chi connectivity index (χ4n) is 1.80. The molecule has 0 aliphatic carbocycles. The Labute approximate surface area is 120 Å². The van der Waals surface area contributed by atoms with Crippen molar-refractivity contribution in [3.8, 4) is 0 Å². The third-order valence-corrected chi connectivity index (χ3v) is 3.09. The third-order valence-electron chi connectivity index (χ3n) is 2.74. The fourth-order valence-corrected chi connectivity index (χ4v) is 2.17. The van der Waals surface area contributed by atoms with E-state index in [0.717, 1.165) is 31.2 Å². The molecule has 0 heterocycles. The molecule has 1 rings (SSSR count). The first-order valence-corrected chi connectivity index (χ1v) is 7.71. The minimum absolute atomic E-state index is 0.970. The summed E-state index contributed by atoms with van der Waals surface area (Å²) in [5.41, 5.74) is 1.26. The van der Waals surface area contributed by atoms with Gasteiger partial charge in [-0.25, -0.2) is 23.2 Å². The van der Waals surface area contributed by atoms with Crippen LogP contribution in [0.4, 0.5) is 5.69 Å². The molecule has 0 aromatic heterocycles. The van der Waals surface area contributed by atoms with Gasteiger partial charge < -0.3 is 4.90 Å². The van der Waals surface area contributed by atoms with Crippen molar-refractivity contribution in [3.63, 3.8) is 0 Å². The molecular formula is C11H20Cl2N2O4. The van der Waals surface area contributed by atoms with E-state index >= 15 is 0 Å². The quantitative estimate of drug-likeness (QED) is 0.544. The number of hydrogen-bond acceptors (Lipinski definition) is 5. The Kier molecular flexibility index (Phi) is 7.88. The van der Waals surface area contributed by atoms with Gasteiger partial charge in [0.2, 0.25) is 5.36 Å². The monoisotopic (exact) mass is 314 g/mol. The summed E-state index contributed by atoms with van der Waals surface area (Å²) in [6.07, 6.45) is 0. The van der Waals surface area contributed by atoms with Gasteiger partial charge in [-0.05, 0) is 27.7 Å². The second-order valence-corrected chi connectivity index (χ2v) is 4.87. The predicted octanol–water partition coefficient (Wildman–Crippen LogP) is -2.88. The molecular weight excluding hydrogens is 295 g/mol. The summed E-state index contributed by atoms with van der Waals surface area (Å²) in [6.45, 7) is 12.8. The molecule has 19 heavy (non-hydrogen) atoms. The van der Waals surface area contributed by atoms with Gasteiger partial charge in [-0.3, -0.25) is 0 Å². The van der Waals surface area contributed by atoms with Gasteiger partial charge in [0.1, 0.15) is 23.8 Å². The van der Waals surface area contributed by atoms with E-state index in [-0.39, 0.29) is 0 Å². The maximum absolute atomic E-state index is 8.49. The number of hydrogen-bond donors (Lipinski definition) is 0. The largest absolute Gasteiger partial charge is 0.365 e. The first-order chi connectivity index (χ1) is 8.71. The SMILES string of the molecule is CCN(CC)c1c(Cl)c1=[N+](CC)CC.[O-][Cl+3]([O-])([O-])[O-]. The lowest BCUT2D eigenvalue weighted by Crippen LogP contribution is -2.68. The molecule has 0 N–H and O–H groups in total. The van der Waals surface area contributed by atoms with Crippen LogP contribution < -0.4 is 33.5 Å². The van der Waals surface area contributed by atoms with Crippen molar-refractivity contribution >= 4 is 17.3 Å². The molecule has 0 saturated carbocycles. The highest BCUT2D eigenvalue weighted by Crippen LogP contribution is 2.27. The van der Waals surface area contributed by atoms with Crippen LogP contribution in [0.25, 0.3) is 0 Å². The van der Waals surface area contributed by atoms with Crippen molar-refractivity contribution in [1.29, 1.82) is 0 Å². The van der Waals surface area contributed by atoms with Gasteiger partial charge in [0, 0.05) is 13.1 Å². The van der Waals surface area contributed by atoms with E-state index in [1.165, 1.54) is 11.0 Å². The Morgan fingerprint density at radius 2 is 1.37 bits per heavy atom. The Hall–Kier alpha value is -0.370. The Bertz CT molecular complexity index is 392. The summed E-state index contributed by atoms with van der Waals surface area (Å²) >= 11 is 6.18. The van der Waals surface area contributed by atoms with Gasteiger partial charge in [0.15, 0.2) is 0 Å². The summed E-state index contributed by atoms with van der Waals surface area (Å²) in [5.74, 6) is 0. The zero-order chi connectivity index (χ0) is 15.2. The van der Waals surface area contributed by atoms with Crippen LogP contribution in [-0.2, 0) is 0 Å². The molecule has 0 unspecified atom stereocenters. The highest BCUT2D eigenvalue weighted by molar-refractivity contribution is 6.36. The van der Waals surface area contributed by atoms with Crippen molar-refractivity contribution < 1.29 is 28.9 Å². The molecule has 0 saturated heterocycles. The summed E-state index contributed by atoms with van der Waals surface area (Å²) in [6, 6.07) is 0. The first-order valence-electron chi connectivity index (χ1n) is 6.10. The van der Waals surface area contributed by atoms with Crippen molar-refractivity contribution in [1.82, 2.24) is 4.58 Å². The molecule has 1 aromatic carbocycles. The average molecular weight is 315 g/mol. The maximum atomic E-state index is 8.49. The smallest absolute Gasteiger partial charge is 0.246 e. The number of nitrogens with zero attached hydrogens (tertiary/aromatic N) is 2. The highest BCUT2D eigenvalue weighted by Gasteiger charge is 2.29. The summed E-state index contributed by atoms with van der Waals surface area (Å²) in [5, 5.41) is 2.23. The molecule has 1 aromatic rings. The van der Waals surface area contributed by atoms with E-state index < -0.39 is 10.2 Å². The van der Waals surface area contributed by atoms with Crippen molar-refractivity contribution in [2.45, 2.75) is 27.7 Å². The molecule has 112 valence electrons. The second-order valence-electron chi connectivity index (χ2n) is 3.73. The van der Waals surface area contributed by atoms with Crippen LogP contribution in [0, 0.1) is 10.2 Å². The molecule has 0 aliphatic heterocycles. The zero-order valence-corrected chi connectivity index (χ0v) is 13.1. The van der Waals surface area contributed by atoms with E-state index in [9.17, 15) is 0 Å². The molecule has 8 heteroatoms. The lowest BCUT2D eigenvalue weighted by Gasteiger charge is -2.17. The number of anilines is 1. The third kappa shape index (κ3) is 6.56. The van der Waals surface area contributed by atoms with Gasteiger partial charge in [-0.15, -0.1) is 10.2 Å². The normalized spacial score (nSPS) is 11.2. The van der Waals surface area contributed by atoms with Crippen LogP contribution in [0.15, 0.2) is 0 Å². The number of rotatable bonds is 5. The topological polar surface area (TPSA) is 98.5 Å². The highest BCUT2D eigenvalue weighted by atomic mass is 35.7. The molecule has 0 radical (unpaired) electrons. The Morgan fingerprint density at radius 1 is 1.00 bits per heavy atom. The molecule has 0 aliphatic rings. The van der Waals surface area contributed by atoms with Crippen LogP contribution in [-0.4, -0.2) is 26.2 Å². The van der Waals surface area contributed by atoms with Crippen LogP contribution in [0.5, 0.6) is 0 Å². The van der Waals surface area contributed by atoms with E-state index in [0.29, 0.717) is 0 Å². The lowest BCUT2D eigenvalue weighted by molar-refractivity contribution is -2.00. The minimum atomic E-state index is -4.94. The summed E-state index contributed by atoms with van der Waals surface area (Å²) < 4.78 is 36.3. The van der Waals surface area contributed by atoms with Gasteiger partial charge in [-0.2, -0.15) is 0 Å².